The predicted octanol–water partition coefficient (Wildman–Crippen LogP) is -0.619. The fourth-order valence-electron chi connectivity index (χ4n) is 3.32. The molecule has 0 unspecified atom stereocenters. The number of anilines is 1. The molecule has 4 heterocycles. The normalized spacial score (nSPS) is 30.8. The smallest absolute Gasteiger partial charge is 0.167 e. The van der Waals surface area contributed by atoms with Gasteiger partial charge >= 0.3 is 0 Å². The van der Waals surface area contributed by atoms with Gasteiger partial charge in [-0.1, -0.05) is 0 Å². The van der Waals surface area contributed by atoms with Crippen molar-refractivity contribution in [2.75, 3.05) is 36.1 Å². The van der Waals surface area contributed by atoms with E-state index in [1.54, 1.807) is 4.57 Å². The second-order valence-corrected chi connectivity index (χ2v) is 7.43. The van der Waals surface area contributed by atoms with Crippen LogP contribution in [0.15, 0.2) is 12.7 Å². The van der Waals surface area contributed by atoms with Crippen LogP contribution in [0, 0.1) is 0 Å². The van der Waals surface area contributed by atoms with Gasteiger partial charge in [-0.2, -0.15) is 11.8 Å². The first-order valence-electron chi connectivity index (χ1n) is 8.33. The standard InChI is InChI=1S/C15H21N5O4S/c21-6-9-11(22)12(23)15(24-9)20-8-18-10-13(16-7-17-14(10)20)19-2-1-4-25-5-3-19/h7-9,11-12,15,21-23H,1-6H2/t9-,11-,12-,15-/m1/s1. The van der Waals surface area contributed by atoms with E-state index in [2.05, 4.69) is 19.9 Å². The average Bonchev–Trinajstić information content (AvgIpc) is 3.04. The molecule has 0 bridgehead atoms. The van der Waals surface area contributed by atoms with Gasteiger partial charge in [-0.3, -0.25) is 4.57 Å². The Morgan fingerprint density at radius 3 is 2.84 bits per heavy atom. The summed E-state index contributed by atoms with van der Waals surface area (Å²) in [5.41, 5.74) is 1.18. The molecule has 4 rings (SSSR count). The molecule has 25 heavy (non-hydrogen) atoms. The maximum atomic E-state index is 10.3. The number of ether oxygens (including phenoxy) is 1. The molecule has 0 radical (unpaired) electrons. The average molecular weight is 367 g/mol. The zero-order valence-electron chi connectivity index (χ0n) is 13.6. The molecule has 2 aromatic rings. The maximum absolute atomic E-state index is 10.3. The minimum atomic E-state index is -1.16. The summed E-state index contributed by atoms with van der Waals surface area (Å²) in [5, 5.41) is 29.5. The summed E-state index contributed by atoms with van der Waals surface area (Å²) in [7, 11) is 0. The lowest BCUT2D eigenvalue weighted by Gasteiger charge is -2.21. The molecule has 3 N–H and O–H groups in total. The van der Waals surface area contributed by atoms with Crippen LogP contribution in [0.2, 0.25) is 0 Å². The number of nitrogens with zero attached hydrogens (tertiary/aromatic N) is 5. The summed E-state index contributed by atoms with van der Waals surface area (Å²) in [5.74, 6) is 2.96. The summed E-state index contributed by atoms with van der Waals surface area (Å²) in [6, 6.07) is 0. The van der Waals surface area contributed by atoms with Crippen LogP contribution in [0.1, 0.15) is 12.6 Å². The minimum absolute atomic E-state index is 0.368. The van der Waals surface area contributed by atoms with Crippen molar-refractivity contribution in [1.82, 2.24) is 19.5 Å². The highest BCUT2D eigenvalue weighted by molar-refractivity contribution is 7.99. The summed E-state index contributed by atoms with van der Waals surface area (Å²) in [6.45, 7) is 1.45. The minimum Gasteiger partial charge on any atom is -0.394 e. The molecule has 136 valence electrons. The number of rotatable bonds is 3. The van der Waals surface area contributed by atoms with E-state index in [1.165, 1.54) is 12.7 Å². The Hall–Kier alpha value is -1.46. The first-order valence-corrected chi connectivity index (χ1v) is 9.49. The summed E-state index contributed by atoms with van der Waals surface area (Å²) in [4.78, 5) is 15.4. The monoisotopic (exact) mass is 367 g/mol. The molecule has 2 aliphatic heterocycles. The zero-order chi connectivity index (χ0) is 17.4. The van der Waals surface area contributed by atoms with Crippen LogP contribution in [0.5, 0.6) is 0 Å². The van der Waals surface area contributed by atoms with E-state index < -0.39 is 24.5 Å². The number of aliphatic hydroxyl groups is 3. The largest absolute Gasteiger partial charge is 0.394 e. The van der Waals surface area contributed by atoms with Crippen LogP contribution in [-0.4, -0.2) is 84.4 Å². The molecule has 0 amide bonds. The lowest BCUT2D eigenvalue weighted by molar-refractivity contribution is -0.0511. The Bertz CT molecular complexity index is 736. The third-order valence-electron chi connectivity index (χ3n) is 4.65. The number of fused-ring (bicyclic) bond motifs is 1. The molecule has 2 aliphatic rings. The summed E-state index contributed by atoms with van der Waals surface area (Å²) >= 11 is 1.93. The SMILES string of the molecule is OC[C@H]1O[C@@H](n2cnc3c(N4CCCSCC4)ncnc32)[C@H](O)[C@@H]1O. The van der Waals surface area contributed by atoms with Crippen molar-refractivity contribution in [2.45, 2.75) is 31.0 Å². The van der Waals surface area contributed by atoms with Crippen molar-refractivity contribution in [2.24, 2.45) is 0 Å². The van der Waals surface area contributed by atoms with E-state index in [-0.39, 0.29) is 6.61 Å². The van der Waals surface area contributed by atoms with Crippen molar-refractivity contribution >= 4 is 28.7 Å². The lowest BCUT2D eigenvalue weighted by atomic mass is 10.1. The second-order valence-electron chi connectivity index (χ2n) is 6.20. The molecule has 0 spiro atoms. The zero-order valence-corrected chi connectivity index (χ0v) is 14.4. The van der Waals surface area contributed by atoms with E-state index in [0.29, 0.717) is 11.2 Å². The summed E-state index contributed by atoms with van der Waals surface area (Å²) < 4.78 is 7.18. The number of aromatic nitrogens is 4. The van der Waals surface area contributed by atoms with Crippen LogP contribution in [0.4, 0.5) is 5.82 Å². The van der Waals surface area contributed by atoms with Crippen LogP contribution in [0.25, 0.3) is 11.2 Å². The Kier molecular flexibility index (Phi) is 4.78. The van der Waals surface area contributed by atoms with Gasteiger partial charge in [0.05, 0.1) is 12.9 Å². The quantitative estimate of drug-likeness (QED) is 0.652. The van der Waals surface area contributed by atoms with Crippen LogP contribution in [0.3, 0.4) is 0 Å². The maximum Gasteiger partial charge on any atom is 0.167 e. The molecule has 10 heteroatoms. The molecule has 0 saturated carbocycles. The molecule has 0 aliphatic carbocycles. The van der Waals surface area contributed by atoms with Gasteiger partial charge in [-0.25, -0.2) is 15.0 Å². The number of thioether (sulfide) groups is 1. The number of aliphatic hydroxyl groups excluding tert-OH is 3. The fraction of sp³-hybridized carbons (Fsp3) is 0.667. The van der Waals surface area contributed by atoms with E-state index in [1.807, 2.05) is 11.8 Å². The fourth-order valence-corrected chi connectivity index (χ4v) is 4.21. The van der Waals surface area contributed by atoms with Gasteiger partial charge in [0.1, 0.15) is 24.6 Å². The van der Waals surface area contributed by atoms with Gasteiger partial charge in [0.25, 0.3) is 0 Å². The number of hydrogen-bond donors (Lipinski definition) is 3. The van der Waals surface area contributed by atoms with Crippen molar-refractivity contribution in [3.05, 3.63) is 12.7 Å². The van der Waals surface area contributed by atoms with Crippen LogP contribution < -0.4 is 4.90 Å². The van der Waals surface area contributed by atoms with Gasteiger partial charge in [0.2, 0.25) is 0 Å². The van der Waals surface area contributed by atoms with Gasteiger partial charge in [0.15, 0.2) is 23.2 Å². The number of hydrogen-bond acceptors (Lipinski definition) is 9. The van der Waals surface area contributed by atoms with Crippen molar-refractivity contribution in [1.29, 1.82) is 0 Å². The first kappa shape index (κ1) is 17.0. The Balaban J connectivity index is 1.69. The van der Waals surface area contributed by atoms with Gasteiger partial charge in [-0.15, -0.1) is 0 Å². The summed E-state index contributed by atoms with van der Waals surface area (Å²) in [6.07, 6.45) is 0.108. The van der Waals surface area contributed by atoms with E-state index in [0.717, 1.165) is 36.8 Å². The van der Waals surface area contributed by atoms with Crippen molar-refractivity contribution < 1.29 is 20.1 Å². The highest BCUT2D eigenvalue weighted by atomic mass is 32.2. The highest BCUT2D eigenvalue weighted by Crippen LogP contribution is 2.32. The number of imidazole rings is 1. The third kappa shape index (κ3) is 2.97. The van der Waals surface area contributed by atoms with Crippen molar-refractivity contribution in [3.63, 3.8) is 0 Å². The molecule has 9 nitrogen and oxygen atoms in total. The molecule has 2 saturated heterocycles. The topological polar surface area (TPSA) is 117 Å². The lowest BCUT2D eigenvalue weighted by Crippen LogP contribution is -2.33. The molecule has 0 aromatic carbocycles. The third-order valence-corrected chi connectivity index (χ3v) is 5.70. The Morgan fingerprint density at radius 2 is 2.04 bits per heavy atom. The van der Waals surface area contributed by atoms with E-state index in [4.69, 9.17) is 4.74 Å². The van der Waals surface area contributed by atoms with E-state index in [9.17, 15) is 15.3 Å². The van der Waals surface area contributed by atoms with E-state index >= 15 is 0 Å². The van der Waals surface area contributed by atoms with Crippen LogP contribution in [-0.2, 0) is 4.74 Å². The molecule has 4 atom stereocenters. The molecular weight excluding hydrogens is 346 g/mol. The van der Waals surface area contributed by atoms with Gasteiger partial charge < -0.3 is 25.0 Å². The second kappa shape index (κ2) is 7.04. The molecular formula is C15H21N5O4S. The van der Waals surface area contributed by atoms with Crippen LogP contribution >= 0.6 is 11.8 Å². The molecule has 2 aromatic heterocycles. The first-order chi connectivity index (χ1) is 12.2. The van der Waals surface area contributed by atoms with Gasteiger partial charge in [0, 0.05) is 18.8 Å². The Morgan fingerprint density at radius 1 is 1.16 bits per heavy atom. The molecule has 2 fully saturated rings. The predicted molar refractivity (Wildman–Crippen MR) is 92.5 cm³/mol. The highest BCUT2D eigenvalue weighted by Gasteiger charge is 2.44. The Labute approximate surface area is 148 Å². The van der Waals surface area contributed by atoms with Gasteiger partial charge in [-0.05, 0) is 12.2 Å². The van der Waals surface area contributed by atoms with Crippen molar-refractivity contribution in [3.8, 4) is 0 Å².